The number of nitrogens with zero attached hydrogens (tertiary/aromatic N) is 3. The van der Waals surface area contributed by atoms with Gasteiger partial charge in [-0.25, -0.2) is 4.98 Å². The maximum Gasteiger partial charge on any atom is 0.258 e. The predicted octanol–water partition coefficient (Wildman–Crippen LogP) is 1.66. The highest BCUT2D eigenvalue weighted by atomic mass is 16.1. The second-order valence-corrected chi connectivity index (χ2v) is 6.83. The van der Waals surface area contributed by atoms with Gasteiger partial charge in [0.1, 0.15) is 5.65 Å². The van der Waals surface area contributed by atoms with Crippen molar-refractivity contribution in [3.8, 4) is 0 Å². The summed E-state index contributed by atoms with van der Waals surface area (Å²) in [6.45, 7) is 4.19. The molecule has 2 saturated heterocycles. The SMILES string of the molecule is O=c1cc(CN2CCC(C3CCCN3)CC2)nc2ccccn12. The molecule has 4 heterocycles. The lowest BCUT2D eigenvalue weighted by molar-refractivity contribution is 0.156. The minimum atomic E-state index is 0.00985. The van der Waals surface area contributed by atoms with Crippen LogP contribution in [0.5, 0.6) is 0 Å². The first-order valence-electron chi connectivity index (χ1n) is 8.73. The molecular weight excluding hydrogens is 288 g/mol. The Labute approximate surface area is 136 Å². The third-order valence-electron chi connectivity index (χ3n) is 5.31. The second kappa shape index (κ2) is 6.42. The Morgan fingerprint density at radius 3 is 2.87 bits per heavy atom. The number of hydrogen-bond donors (Lipinski definition) is 1. The number of fused-ring (bicyclic) bond motifs is 1. The van der Waals surface area contributed by atoms with Gasteiger partial charge >= 0.3 is 0 Å². The number of rotatable bonds is 3. The second-order valence-electron chi connectivity index (χ2n) is 6.83. The number of hydrogen-bond acceptors (Lipinski definition) is 4. The first kappa shape index (κ1) is 14.8. The van der Waals surface area contributed by atoms with E-state index in [0.29, 0.717) is 0 Å². The monoisotopic (exact) mass is 312 g/mol. The maximum absolute atomic E-state index is 12.2. The Morgan fingerprint density at radius 1 is 1.22 bits per heavy atom. The zero-order valence-corrected chi connectivity index (χ0v) is 13.4. The summed E-state index contributed by atoms with van der Waals surface area (Å²) in [6, 6.07) is 8.09. The molecule has 0 aromatic carbocycles. The maximum atomic E-state index is 12.2. The molecule has 2 aliphatic heterocycles. The van der Waals surface area contributed by atoms with Gasteiger partial charge < -0.3 is 5.32 Å². The van der Waals surface area contributed by atoms with E-state index in [2.05, 4.69) is 15.2 Å². The van der Waals surface area contributed by atoms with Gasteiger partial charge in [0.15, 0.2) is 0 Å². The average molecular weight is 312 g/mol. The number of likely N-dealkylation sites (tertiary alicyclic amines) is 1. The minimum absolute atomic E-state index is 0.00985. The van der Waals surface area contributed by atoms with E-state index in [1.807, 2.05) is 18.2 Å². The van der Waals surface area contributed by atoms with Gasteiger partial charge in [-0.1, -0.05) is 6.07 Å². The van der Waals surface area contributed by atoms with Crippen LogP contribution in [0.3, 0.4) is 0 Å². The van der Waals surface area contributed by atoms with Gasteiger partial charge in [-0.05, 0) is 63.4 Å². The Hall–Kier alpha value is -1.72. The van der Waals surface area contributed by atoms with E-state index >= 15 is 0 Å². The molecule has 4 rings (SSSR count). The van der Waals surface area contributed by atoms with Crippen molar-refractivity contribution in [3.63, 3.8) is 0 Å². The van der Waals surface area contributed by atoms with E-state index in [-0.39, 0.29) is 5.56 Å². The molecule has 5 heteroatoms. The van der Waals surface area contributed by atoms with Gasteiger partial charge in [-0.2, -0.15) is 0 Å². The Kier molecular flexibility index (Phi) is 4.14. The van der Waals surface area contributed by atoms with Crippen LogP contribution < -0.4 is 10.9 Å². The van der Waals surface area contributed by atoms with E-state index in [9.17, 15) is 4.79 Å². The van der Waals surface area contributed by atoms with Crippen molar-refractivity contribution in [2.75, 3.05) is 19.6 Å². The van der Waals surface area contributed by atoms with Crippen molar-refractivity contribution in [1.82, 2.24) is 19.6 Å². The van der Waals surface area contributed by atoms with Crippen molar-refractivity contribution in [3.05, 3.63) is 46.5 Å². The van der Waals surface area contributed by atoms with Crippen LogP contribution >= 0.6 is 0 Å². The lowest BCUT2D eigenvalue weighted by Gasteiger charge is -2.34. The van der Waals surface area contributed by atoms with Crippen molar-refractivity contribution in [2.45, 2.75) is 38.3 Å². The molecule has 2 aliphatic rings. The van der Waals surface area contributed by atoms with Crippen LogP contribution in [0.15, 0.2) is 35.3 Å². The molecule has 0 amide bonds. The first-order valence-corrected chi connectivity index (χ1v) is 8.73. The van der Waals surface area contributed by atoms with E-state index in [1.165, 1.54) is 32.2 Å². The molecule has 2 fully saturated rings. The third kappa shape index (κ3) is 3.16. The number of nitrogens with one attached hydrogen (secondary N) is 1. The average Bonchev–Trinajstić information content (AvgIpc) is 3.10. The van der Waals surface area contributed by atoms with E-state index in [1.54, 1.807) is 16.7 Å². The standard InChI is InChI=1S/C18H24N4O/c23-18-12-15(20-17-5-1-2-9-22(17)18)13-21-10-6-14(7-11-21)16-4-3-8-19-16/h1-2,5,9,12,14,16,19H,3-4,6-8,10-11,13H2. The molecule has 0 radical (unpaired) electrons. The molecule has 122 valence electrons. The molecule has 0 spiro atoms. The topological polar surface area (TPSA) is 49.6 Å². The summed E-state index contributed by atoms with van der Waals surface area (Å²) in [6.07, 6.45) is 6.95. The number of pyridine rings is 1. The Bertz CT molecular complexity index is 727. The molecule has 1 atom stereocenters. The largest absolute Gasteiger partial charge is 0.314 e. The Balaban J connectivity index is 1.42. The number of piperidine rings is 1. The fourth-order valence-corrected chi connectivity index (χ4v) is 4.04. The molecule has 2 aromatic rings. The van der Waals surface area contributed by atoms with Crippen LogP contribution in [0.4, 0.5) is 0 Å². The van der Waals surface area contributed by atoms with Gasteiger partial charge in [-0.15, -0.1) is 0 Å². The molecule has 0 bridgehead atoms. The van der Waals surface area contributed by atoms with Gasteiger partial charge in [0.2, 0.25) is 0 Å². The molecule has 5 nitrogen and oxygen atoms in total. The molecule has 0 aliphatic carbocycles. The molecule has 23 heavy (non-hydrogen) atoms. The van der Waals surface area contributed by atoms with Crippen LogP contribution in [-0.4, -0.2) is 40.0 Å². The minimum Gasteiger partial charge on any atom is -0.314 e. The molecule has 0 saturated carbocycles. The smallest absolute Gasteiger partial charge is 0.258 e. The lowest BCUT2D eigenvalue weighted by Crippen LogP contribution is -2.40. The quantitative estimate of drug-likeness (QED) is 0.936. The van der Waals surface area contributed by atoms with Crippen molar-refractivity contribution in [1.29, 1.82) is 0 Å². The highest BCUT2D eigenvalue weighted by Gasteiger charge is 2.28. The van der Waals surface area contributed by atoms with Crippen LogP contribution in [0.25, 0.3) is 5.65 Å². The summed E-state index contributed by atoms with van der Waals surface area (Å²) in [5.74, 6) is 0.823. The highest BCUT2D eigenvalue weighted by molar-refractivity contribution is 5.37. The van der Waals surface area contributed by atoms with Gasteiger partial charge in [-0.3, -0.25) is 14.1 Å². The normalized spacial score (nSPS) is 23.6. The zero-order valence-electron chi connectivity index (χ0n) is 13.4. The highest BCUT2D eigenvalue weighted by Crippen LogP contribution is 2.26. The molecular formula is C18H24N4O. The molecule has 1 N–H and O–H groups in total. The summed E-state index contributed by atoms with van der Waals surface area (Å²) in [5, 5.41) is 3.64. The van der Waals surface area contributed by atoms with Crippen LogP contribution in [-0.2, 0) is 6.54 Å². The van der Waals surface area contributed by atoms with Crippen molar-refractivity contribution >= 4 is 5.65 Å². The fraction of sp³-hybridized carbons (Fsp3) is 0.556. The van der Waals surface area contributed by atoms with Crippen LogP contribution in [0.2, 0.25) is 0 Å². The van der Waals surface area contributed by atoms with Crippen molar-refractivity contribution in [2.24, 2.45) is 5.92 Å². The lowest BCUT2D eigenvalue weighted by atomic mass is 9.88. The van der Waals surface area contributed by atoms with Crippen molar-refractivity contribution < 1.29 is 0 Å². The van der Waals surface area contributed by atoms with E-state index < -0.39 is 0 Å². The van der Waals surface area contributed by atoms with Gasteiger partial charge in [0.05, 0.1) is 5.69 Å². The third-order valence-corrected chi connectivity index (χ3v) is 5.31. The summed E-state index contributed by atoms with van der Waals surface area (Å²) >= 11 is 0. The molecule has 1 unspecified atom stereocenters. The Morgan fingerprint density at radius 2 is 2.09 bits per heavy atom. The van der Waals surface area contributed by atoms with E-state index in [0.717, 1.165) is 42.9 Å². The molecule has 2 aromatic heterocycles. The van der Waals surface area contributed by atoms with Gasteiger partial charge in [0.25, 0.3) is 5.56 Å². The van der Waals surface area contributed by atoms with Gasteiger partial charge in [0, 0.05) is 24.8 Å². The predicted molar refractivity (Wildman–Crippen MR) is 90.5 cm³/mol. The summed E-state index contributed by atoms with van der Waals surface area (Å²) < 4.78 is 1.60. The fourth-order valence-electron chi connectivity index (χ4n) is 4.04. The zero-order chi connectivity index (χ0) is 15.6. The summed E-state index contributed by atoms with van der Waals surface area (Å²) in [4.78, 5) is 19.2. The van der Waals surface area contributed by atoms with Crippen LogP contribution in [0.1, 0.15) is 31.4 Å². The summed E-state index contributed by atoms with van der Waals surface area (Å²) in [7, 11) is 0. The number of aromatic nitrogens is 2. The van der Waals surface area contributed by atoms with Crippen LogP contribution in [0, 0.1) is 5.92 Å². The summed E-state index contributed by atoms with van der Waals surface area (Å²) in [5.41, 5.74) is 1.63. The first-order chi connectivity index (χ1) is 11.3. The van der Waals surface area contributed by atoms with E-state index in [4.69, 9.17) is 0 Å².